The molecule has 1 aliphatic heterocycles. The Morgan fingerprint density at radius 1 is 1.62 bits per heavy atom. The highest BCUT2D eigenvalue weighted by molar-refractivity contribution is 14.1. The van der Waals surface area contributed by atoms with Crippen molar-refractivity contribution in [2.45, 2.75) is 25.6 Å². The molecule has 13 heavy (non-hydrogen) atoms. The van der Waals surface area contributed by atoms with E-state index in [4.69, 9.17) is 4.74 Å². The predicted octanol–water partition coefficient (Wildman–Crippen LogP) is 2.44. The molecule has 1 fully saturated rings. The molecule has 1 saturated heterocycles. The fourth-order valence-electron chi connectivity index (χ4n) is 0.960. The summed E-state index contributed by atoms with van der Waals surface area (Å²) in [6, 6.07) is 0. The molecule has 3 nitrogen and oxygen atoms in total. The number of carbonyl (C=O) groups is 1. The van der Waals surface area contributed by atoms with Crippen molar-refractivity contribution in [2.75, 3.05) is 11.5 Å². The summed E-state index contributed by atoms with van der Waals surface area (Å²) in [6.45, 7) is 1.73. The van der Waals surface area contributed by atoms with Crippen LogP contribution in [0.5, 0.6) is 0 Å². The van der Waals surface area contributed by atoms with Gasteiger partial charge in [-0.1, -0.05) is 21.6 Å². The molecule has 0 aromatic heterocycles. The lowest BCUT2D eigenvalue weighted by Crippen LogP contribution is -2.29. The highest BCUT2D eigenvalue weighted by Gasteiger charge is 2.22. The molecule has 0 radical (unpaired) electrons. The third-order valence-electron chi connectivity index (χ3n) is 1.66. The first-order valence-electron chi connectivity index (χ1n) is 3.96. The van der Waals surface area contributed by atoms with E-state index < -0.39 is 6.10 Å². The van der Waals surface area contributed by atoms with Gasteiger partial charge >= 0.3 is 5.97 Å². The Labute approximate surface area is 99.8 Å². The van der Waals surface area contributed by atoms with Crippen LogP contribution in [0, 0.1) is 0 Å². The van der Waals surface area contributed by atoms with Gasteiger partial charge in [-0.05, 0) is 13.3 Å². The van der Waals surface area contributed by atoms with E-state index in [0.29, 0.717) is 0 Å². The molecule has 0 saturated carbocycles. The summed E-state index contributed by atoms with van der Waals surface area (Å²) < 4.78 is 10.1. The summed E-state index contributed by atoms with van der Waals surface area (Å²) in [6.07, 6.45) is 0.790. The van der Waals surface area contributed by atoms with Crippen LogP contribution in [0.4, 0.5) is 0 Å². The molecular weight excluding hydrogens is 323 g/mol. The Hall–Kier alpha value is 0.860. The minimum Gasteiger partial charge on any atom is -0.393 e. The molecule has 0 aliphatic carbocycles. The van der Waals surface area contributed by atoms with Crippen molar-refractivity contribution < 1.29 is 12.6 Å². The largest absolute Gasteiger partial charge is 0.393 e. The molecule has 2 atom stereocenters. The van der Waals surface area contributed by atoms with Crippen LogP contribution in [0.1, 0.15) is 13.3 Å². The first-order valence-corrected chi connectivity index (χ1v) is 7.33. The fraction of sp³-hybridized carbons (Fsp3) is 0.857. The Morgan fingerprint density at radius 3 is 2.92 bits per heavy atom. The molecule has 1 rings (SSSR count). The van der Waals surface area contributed by atoms with Crippen LogP contribution in [0.15, 0.2) is 0 Å². The van der Waals surface area contributed by atoms with E-state index >= 15 is 0 Å². The standard InChI is InChI=1S/C7H11IO3S2/c1-5(7(9)11-8)10-6-2-3-12-13-4-6/h5-6H,2-4H2,1H3. The molecule has 2 unspecified atom stereocenters. The second-order valence-corrected chi connectivity index (χ2v) is 5.76. The smallest absolute Gasteiger partial charge is 0.344 e. The summed E-state index contributed by atoms with van der Waals surface area (Å²) in [7, 11) is 3.66. The van der Waals surface area contributed by atoms with Gasteiger partial charge < -0.3 is 7.80 Å². The molecule has 6 heteroatoms. The van der Waals surface area contributed by atoms with Gasteiger partial charge in [-0.25, -0.2) is 4.79 Å². The zero-order valence-corrected chi connectivity index (χ0v) is 11.0. The minimum atomic E-state index is -0.439. The zero-order chi connectivity index (χ0) is 9.68. The molecule has 76 valence electrons. The van der Waals surface area contributed by atoms with E-state index in [2.05, 4.69) is 3.07 Å². The maximum Gasteiger partial charge on any atom is 0.344 e. The van der Waals surface area contributed by atoms with Crippen molar-refractivity contribution in [3.63, 3.8) is 0 Å². The van der Waals surface area contributed by atoms with Crippen molar-refractivity contribution >= 4 is 50.6 Å². The molecule has 0 aromatic carbocycles. The van der Waals surface area contributed by atoms with Gasteiger partial charge in [0.1, 0.15) is 0 Å². The van der Waals surface area contributed by atoms with Crippen LogP contribution in [0.25, 0.3) is 0 Å². The normalized spacial score (nSPS) is 25.2. The zero-order valence-electron chi connectivity index (χ0n) is 7.20. The van der Waals surface area contributed by atoms with E-state index in [-0.39, 0.29) is 12.1 Å². The fourth-order valence-corrected chi connectivity index (χ4v) is 3.67. The molecule has 0 amide bonds. The van der Waals surface area contributed by atoms with Crippen molar-refractivity contribution in [1.29, 1.82) is 0 Å². The number of halogens is 1. The third kappa shape index (κ3) is 4.26. The highest BCUT2D eigenvalue weighted by atomic mass is 127. The summed E-state index contributed by atoms with van der Waals surface area (Å²) >= 11 is 1.58. The molecule has 1 aliphatic rings. The monoisotopic (exact) mass is 334 g/mol. The molecular formula is C7H11IO3S2. The summed E-state index contributed by atoms with van der Waals surface area (Å²) in [5.41, 5.74) is 0. The maximum atomic E-state index is 11.0. The van der Waals surface area contributed by atoms with Gasteiger partial charge in [0.05, 0.1) is 6.10 Å². The Balaban J connectivity index is 2.25. The van der Waals surface area contributed by atoms with E-state index in [0.717, 1.165) is 17.9 Å². The van der Waals surface area contributed by atoms with Gasteiger partial charge in [-0.15, -0.1) is 0 Å². The number of carbonyl (C=O) groups excluding carboxylic acids is 1. The Morgan fingerprint density at radius 2 is 2.38 bits per heavy atom. The van der Waals surface area contributed by atoms with Crippen LogP contribution in [0.2, 0.25) is 0 Å². The van der Waals surface area contributed by atoms with Crippen molar-refractivity contribution in [3.8, 4) is 0 Å². The summed E-state index contributed by atoms with van der Waals surface area (Å²) in [5, 5.41) is 0. The van der Waals surface area contributed by atoms with Gasteiger partial charge in [0.15, 0.2) is 29.1 Å². The number of rotatable bonds is 3. The van der Waals surface area contributed by atoms with Gasteiger partial charge in [0.2, 0.25) is 0 Å². The van der Waals surface area contributed by atoms with Crippen LogP contribution in [-0.4, -0.2) is 29.7 Å². The topological polar surface area (TPSA) is 35.5 Å². The first-order chi connectivity index (χ1) is 6.24. The number of hydrogen-bond donors (Lipinski definition) is 0. The average Bonchev–Trinajstić information content (AvgIpc) is 2.18. The molecule has 0 aromatic rings. The number of hydrogen-bond acceptors (Lipinski definition) is 5. The molecule has 0 N–H and O–H groups in total. The van der Waals surface area contributed by atoms with Crippen LogP contribution < -0.4 is 0 Å². The highest BCUT2D eigenvalue weighted by Crippen LogP contribution is 2.31. The lowest BCUT2D eigenvalue weighted by atomic mass is 10.3. The van der Waals surface area contributed by atoms with Crippen molar-refractivity contribution in [1.82, 2.24) is 0 Å². The van der Waals surface area contributed by atoms with Crippen LogP contribution in [-0.2, 0) is 12.6 Å². The summed E-state index contributed by atoms with van der Waals surface area (Å²) in [4.78, 5) is 11.0. The van der Waals surface area contributed by atoms with E-state index in [1.807, 2.05) is 10.8 Å². The second-order valence-electron chi connectivity index (χ2n) is 2.69. The average molecular weight is 334 g/mol. The predicted molar refractivity (Wildman–Crippen MR) is 64.0 cm³/mol. The third-order valence-corrected chi connectivity index (χ3v) is 4.58. The minimum absolute atomic E-state index is 0.205. The van der Waals surface area contributed by atoms with Crippen LogP contribution in [0.3, 0.4) is 0 Å². The van der Waals surface area contributed by atoms with Gasteiger partial charge in [0, 0.05) is 11.5 Å². The Bertz CT molecular complexity index is 173. The summed E-state index contributed by atoms with van der Waals surface area (Å²) in [5.74, 6) is 1.76. The van der Waals surface area contributed by atoms with Crippen molar-refractivity contribution in [2.24, 2.45) is 0 Å². The quantitative estimate of drug-likeness (QED) is 0.585. The Kier molecular flexibility index (Phi) is 5.84. The van der Waals surface area contributed by atoms with Crippen molar-refractivity contribution in [3.05, 3.63) is 0 Å². The van der Waals surface area contributed by atoms with Gasteiger partial charge in [0.25, 0.3) is 0 Å². The van der Waals surface area contributed by atoms with E-state index in [9.17, 15) is 4.79 Å². The van der Waals surface area contributed by atoms with E-state index in [1.165, 1.54) is 0 Å². The van der Waals surface area contributed by atoms with Gasteiger partial charge in [-0.3, -0.25) is 0 Å². The SMILES string of the molecule is CC(OC1CCSSC1)C(=O)OI. The maximum absolute atomic E-state index is 11.0. The second kappa shape index (κ2) is 6.36. The van der Waals surface area contributed by atoms with Gasteiger partial charge in [-0.2, -0.15) is 0 Å². The van der Waals surface area contributed by atoms with E-state index in [1.54, 1.807) is 40.7 Å². The molecule has 1 heterocycles. The first kappa shape index (κ1) is 11.9. The lowest BCUT2D eigenvalue weighted by molar-refractivity contribution is -0.145. The molecule has 0 spiro atoms. The van der Waals surface area contributed by atoms with Crippen LogP contribution >= 0.6 is 44.6 Å². The molecule has 0 bridgehead atoms. The lowest BCUT2D eigenvalue weighted by Gasteiger charge is -2.23. The number of ether oxygens (including phenoxy) is 1.